The van der Waals surface area contributed by atoms with E-state index in [2.05, 4.69) is 41.4 Å². The Kier molecular flexibility index (Phi) is 6.91. The van der Waals surface area contributed by atoms with Crippen LogP contribution in [0, 0.1) is 0 Å². The molecule has 38 heavy (non-hydrogen) atoms. The van der Waals surface area contributed by atoms with Gasteiger partial charge in [0.2, 0.25) is 11.9 Å². The van der Waals surface area contributed by atoms with E-state index in [4.69, 9.17) is 4.74 Å². The van der Waals surface area contributed by atoms with Crippen LogP contribution in [0.2, 0.25) is 0 Å². The first-order valence-corrected chi connectivity index (χ1v) is 13.8. The Morgan fingerprint density at radius 1 is 1.05 bits per heavy atom. The molecule has 0 bridgehead atoms. The topological polar surface area (TPSA) is 127 Å². The average molecular weight is 595 g/mol. The number of para-hydroxylation sites is 1. The Morgan fingerprint density at radius 2 is 1.76 bits per heavy atom. The van der Waals surface area contributed by atoms with E-state index in [0.29, 0.717) is 17.4 Å². The molecule has 1 atom stereocenters. The maximum absolute atomic E-state index is 13.1. The molecule has 10 nitrogen and oxygen atoms in total. The number of hydrogen-bond acceptors (Lipinski definition) is 7. The number of benzene rings is 3. The van der Waals surface area contributed by atoms with Crippen molar-refractivity contribution in [3.8, 4) is 5.75 Å². The van der Waals surface area contributed by atoms with E-state index >= 15 is 0 Å². The highest BCUT2D eigenvalue weighted by Gasteiger charge is 2.28. The SMILES string of the molecule is COc1ccccc1C1C=C(c2ccc(Br)cc2)Nc2nc(NS(=O)(=O)c3ccc(NC(C)=O)cc3)nn21. The van der Waals surface area contributed by atoms with E-state index in [0.717, 1.165) is 21.3 Å². The smallest absolute Gasteiger partial charge is 0.264 e. The molecule has 0 spiro atoms. The van der Waals surface area contributed by atoms with Crippen LogP contribution in [0.15, 0.2) is 88.2 Å². The van der Waals surface area contributed by atoms with Crippen LogP contribution in [0.5, 0.6) is 5.75 Å². The minimum atomic E-state index is -4.00. The van der Waals surface area contributed by atoms with E-state index in [1.165, 1.54) is 31.2 Å². The van der Waals surface area contributed by atoms with Crippen LogP contribution in [0.4, 0.5) is 17.6 Å². The number of allylic oxidation sites excluding steroid dienone is 1. The minimum Gasteiger partial charge on any atom is -0.496 e. The quantitative estimate of drug-likeness (QED) is 0.278. The zero-order chi connectivity index (χ0) is 26.9. The van der Waals surface area contributed by atoms with Gasteiger partial charge >= 0.3 is 0 Å². The summed E-state index contributed by atoms with van der Waals surface area (Å²) in [6, 6.07) is 20.7. The van der Waals surface area contributed by atoms with Gasteiger partial charge in [0, 0.05) is 28.3 Å². The van der Waals surface area contributed by atoms with E-state index in [1.54, 1.807) is 11.8 Å². The Hall–Kier alpha value is -4.16. The number of halogens is 1. The van der Waals surface area contributed by atoms with Gasteiger partial charge in [0.1, 0.15) is 11.8 Å². The number of aromatic nitrogens is 3. The molecule has 194 valence electrons. The second kappa shape index (κ2) is 10.3. The molecule has 0 radical (unpaired) electrons. The number of nitrogens with zero attached hydrogens (tertiary/aromatic N) is 3. The number of rotatable bonds is 7. The molecular formula is C26H23BrN6O4S. The Labute approximate surface area is 227 Å². The molecule has 1 aliphatic rings. The summed E-state index contributed by atoms with van der Waals surface area (Å²) < 4.78 is 36.8. The molecule has 3 N–H and O–H groups in total. The predicted molar refractivity (Wildman–Crippen MR) is 148 cm³/mol. The lowest BCUT2D eigenvalue weighted by Crippen LogP contribution is -2.21. The van der Waals surface area contributed by atoms with Crippen molar-refractivity contribution in [2.75, 3.05) is 22.5 Å². The molecule has 0 fully saturated rings. The van der Waals surface area contributed by atoms with Crippen molar-refractivity contribution in [2.24, 2.45) is 0 Å². The Balaban J connectivity index is 1.50. The van der Waals surface area contributed by atoms with Crippen molar-refractivity contribution < 1.29 is 17.9 Å². The van der Waals surface area contributed by atoms with Crippen molar-refractivity contribution in [1.82, 2.24) is 14.8 Å². The number of carbonyl (C=O) groups excluding carboxylic acids is 1. The number of methoxy groups -OCH3 is 1. The number of anilines is 3. The Bertz CT molecular complexity index is 1630. The number of carbonyl (C=O) groups is 1. The fourth-order valence-electron chi connectivity index (χ4n) is 4.07. The zero-order valence-electron chi connectivity index (χ0n) is 20.3. The van der Waals surface area contributed by atoms with Gasteiger partial charge in [-0.05, 0) is 54.1 Å². The second-order valence-electron chi connectivity index (χ2n) is 8.41. The van der Waals surface area contributed by atoms with Crippen LogP contribution in [0.1, 0.15) is 24.1 Å². The van der Waals surface area contributed by atoms with E-state index < -0.39 is 16.1 Å². The number of sulfonamides is 1. The van der Waals surface area contributed by atoms with Gasteiger partial charge in [-0.1, -0.05) is 46.3 Å². The van der Waals surface area contributed by atoms with Gasteiger partial charge in [-0.2, -0.15) is 4.98 Å². The molecule has 0 saturated heterocycles. The summed E-state index contributed by atoms with van der Waals surface area (Å²) in [5, 5.41) is 10.4. The van der Waals surface area contributed by atoms with Gasteiger partial charge in [0.05, 0.1) is 12.0 Å². The molecule has 4 aromatic rings. The molecule has 1 aromatic heterocycles. The monoisotopic (exact) mass is 594 g/mol. The van der Waals surface area contributed by atoms with Crippen LogP contribution in [0.3, 0.4) is 0 Å². The van der Waals surface area contributed by atoms with E-state index in [-0.39, 0.29) is 16.8 Å². The summed E-state index contributed by atoms with van der Waals surface area (Å²) in [6.07, 6.45) is 1.99. The van der Waals surface area contributed by atoms with Gasteiger partial charge < -0.3 is 15.4 Å². The third kappa shape index (κ3) is 5.27. The fraction of sp³-hybridized carbons (Fsp3) is 0.115. The van der Waals surface area contributed by atoms with Gasteiger partial charge in [-0.15, -0.1) is 5.10 Å². The lowest BCUT2D eigenvalue weighted by Gasteiger charge is -2.25. The van der Waals surface area contributed by atoms with Crippen molar-refractivity contribution >= 4 is 55.1 Å². The van der Waals surface area contributed by atoms with Crippen LogP contribution < -0.4 is 20.1 Å². The standard InChI is InChI=1S/C26H23BrN6O4S/c1-16(34)28-19-11-13-20(14-12-19)38(35,36)32-25-30-26-29-22(17-7-9-18(27)10-8-17)15-23(33(26)31-25)21-5-3-4-6-24(21)37-2/h3-15,23H,1-2H3,(H,28,34)(H2,29,30,31,32). The molecule has 0 aliphatic carbocycles. The molecule has 3 aromatic carbocycles. The van der Waals surface area contributed by atoms with Crippen molar-refractivity contribution in [1.29, 1.82) is 0 Å². The summed E-state index contributed by atoms with van der Waals surface area (Å²) in [4.78, 5) is 15.7. The summed E-state index contributed by atoms with van der Waals surface area (Å²) in [5.74, 6) is 0.678. The molecule has 1 aliphatic heterocycles. The second-order valence-corrected chi connectivity index (χ2v) is 11.0. The van der Waals surface area contributed by atoms with Crippen LogP contribution in [-0.4, -0.2) is 36.2 Å². The summed E-state index contributed by atoms with van der Waals surface area (Å²) >= 11 is 3.46. The third-order valence-electron chi connectivity index (χ3n) is 5.79. The predicted octanol–water partition coefficient (Wildman–Crippen LogP) is 4.86. The number of hydrogen-bond donors (Lipinski definition) is 3. The first-order chi connectivity index (χ1) is 18.2. The number of nitrogens with one attached hydrogen (secondary N) is 3. The van der Waals surface area contributed by atoms with E-state index in [1.807, 2.05) is 54.6 Å². The average Bonchev–Trinajstić information content (AvgIpc) is 3.30. The maximum Gasteiger partial charge on any atom is 0.264 e. The molecule has 2 heterocycles. The molecule has 0 saturated carbocycles. The number of amides is 1. The summed E-state index contributed by atoms with van der Waals surface area (Å²) in [5.41, 5.74) is 3.03. The highest BCUT2D eigenvalue weighted by Crippen LogP contribution is 2.37. The van der Waals surface area contributed by atoms with Crippen LogP contribution in [-0.2, 0) is 14.8 Å². The largest absolute Gasteiger partial charge is 0.496 e. The van der Waals surface area contributed by atoms with Crippen LogP contribution in [0.25, 0.3) is 5.70 Å². The number of ether oxygens (including phenoxy) is 1. The molecular weight excluding hydrogens is 572 g/mol. The van der Waals surface area contributed by atoms with Gasteiger partial charge in [0.25, 0.3) is 16.0 Å². The molecule has 12 heteroatoms. The fourth-order valence-corrected chi connectivity index (χ4v) is 5.27. The zero-order valence-corrected chi connectivity index (χ0v) is 22.7. The normalized spacial score (nSPS) is 14.6. The van der Waals surface area contributed by atoms with Gasteiger partial charge in [-0.3, -0.25) is 4.79 Å². The first kappa shape index (κ1) is 25.5. The van der Waals surface area contributed by atoms with Crippen molar-refractivity contribution in [3.05, 3.63) is 94.5 Å². The maximum atomic E-state index is 13.1. The van der Waals surface area contributed by atoms with Crippen molar-refractivity contribution in [2.45, 2.75) is 17.9 Å². The highest BCUT2D eigenvalue weighted by atomic mass is 79.9. The lowest BCUT2D eigenvalue weighted by molar-refractivity contribution is -0.114. The molecule has 1 amide bonds. The highest BCUT2D eigenvalue weighted by molar-refractivity contribution is 9.10. The van der Waals surface area contributed by atoms with Gasteiger partial charge in [0.15, 0.2) is 0 Å². The van der Waals surface area contributed by atoms with Crippen LogP contribution >= 0.6 is 15.9 Å². The summed E-state index contributed by atoms with van der Waals surface area (Å²) in [7, 11) is -2.40. The van der Waals surface area contributed by atoms with Gasteiger partial charge in [-0.25, -0.2) is 17.8 Å². The summed E-state index contributed by atoms with van der Waals surface area (Å²) in [6.45, 7) is 1.38. The minimum absolute atomic E-state index is 0.00212. The Morgan fingerprint density at radius 3 is 2.45 bits per heavy atom. The number of fused-ring (bicyclic) bond motifs is 1. The third-order valence-corrected chi connectivity index (χ3v) is 7.66. The van der Waals surface area contributed by atoms with E-state index in [9.17, 15) is 13.2 Å². The van der Waals surface area contributed by atoms with Crippen molar-refractivity contribution in [3.63, 3.8) is 0 Å². The lowest BCUT2D eigenvalue weighted by atomic mass is 10.0. The molecule has 1 unspecified atom stereocenters. The molecule has 5 rings (SSSR count). The first-order valence-electron chi connectivity index (χ1n) is 11.5.